The molecular formula is C32H34N2O3. The van der Waals surface area contributed by atoms with Crippen molar-refractivity contribution in [2.45, 2.75) is 51.9 Å². The minimum Gasteiger partial charge on any atom is -0.481 e. The molecule has 2 atom stereocenters. The molecule has 0 radical (unpaired) electrons. The predicted molar refractivity (Wildman–Crippen MR) is 145 cm³/mol. The van der Waals surface area contributed by atoms with Gasteiger partial charge in [-0.2, -0.15) is 0 Å². The second kappa shape index (κ2) is 11.5. The molecule has 5 heteroatoms. The standard InChI is InChI=1S/C32H34N2O3/c1-3-30(32(35)33-21-28-13-8-18-36-28)37-27-15-14-25-16-17-34(22-24-10-7-9-23(2)19-24)31(29(25)20-27)26-11-5-4-6-12-26/h4-15,18-20,30-31H,3,16-17,21-22H2,1-2H3,(H,33,35)/t30-,31-/m1/s1. The van der Waals surface area contributed by atoms with Crippen LogP contribution in [0.5, 0.6) is 5.75 Å². The van der Waals surface area contributed by atoms with Gasteiger partial charge in [-0.1, -0.05) is 73.2 Å². The number of nitrogens with zero attached hydrogens (tertiary/aromatic N) is 1. The van der Waals surface area contributed by atoms with E-state index in [2.05, 4.69) is 83.9 Å². The zero-order chi connectivity index (χ0) is 25.6. The number of hydrogen-bond donors (Lipinski definition) is 1. The number of carbonyl (C=O) groups is 1. The van der Waals surface area contributed by atoms with Crippen LogP contribution in [0.3, 0.4) is 0 Å². The summed E-state index contributed by atoms with van der Waals surface area (Å²) in [4.78, 5) is 15.4. The van der Waals surface area contributed by atoms with E-state index >= 15 is 0 Å². The number of furan rings is 1. The molecule has 1 amide bonds. The van der Waals surface area contributed by atoms with Gasteiger partial charge in [-0.25, -0.2) is 0 Å². The number of benzene rings is 3. The van der Waals surface area contributed by atoms with Gasteiger partial charge >= 0.3 is 0 Å². The van der Waals surface area contributed by atoms with Crippen molar-refractivity contribution in [3.05, 3.63) is 125 Å². The average molecular weight is 495 g/mol. The summed E-state index contributed by atoms with van der Waals surface area (Å²) in [5.74, 6) is 1.30. The highest BCUT2D eigenvalue weighted by Crippen LogP contribution is 2.38. The Bertz CT molecular complexity index is 1320. The van der Waals surface area contributed by atoms with E-state index in [9.17, 15) is 4.79 Å². The molecule has 1 aromatic heterocycles. The van der Waals surface area contributed by atoms with Crippen LogP contribution in [0.25, 0.3) is 0 Å². The van der Waals surface area contributed by atoms with Crippen molar-refractivity contribution in [3.63, 3.8) is 0 Å². The van der Waals surface area contributed by atoms with Gasteiger partial charge in [0.2, 0.25) is 0 Å². The van der Waals surface area contributed by atoms with Crippen LogP contribution in [0.1, 0.15) is 53.0 Å². The Labute approximate surface area is 219 Å². The molecular weight excluding hydrogens is 460 g/mol. The highest BCUT2D eigenvalue weighted by Gasteiger charge is 2.30. The van der Waals surface area contributed by atoms with E-state index in [4.69, 9.17) is 9.15 Å². The highest BCUT2D eigenvalue weighted by molar-refractivity contribution is 5.81. The number of fused-ring (bicyclic) bond motifs is 1. The van der Waals surface area contributed by atoms with Crippen molar-refractivity contribution in [3.8, 4) is 5.75 Å². The van der Waals surface area contributed by atoms with Crippen LogP contribution in [0, 0.1) is 6.92 Å². The Morgan fingerprint density at radius 3 is 2.68 bits per heavy atom. The first-order valence-corrected chi connectivity index (χ1v) is 13.0. The second-order valence-corrected chi connectivity index (χ2v) is 9.70. The lowest BCUT2D eigenvalue weighted by Crippen LogP contribution is -2.38. The largest absolute Gasteiger partial charge is 0.481 e. The average Bonchev–Trinajstić information content (AvgIpc) is 3.44. The fraction of sp³-hybridized carbons (Fsp3) is 0.281. The van der Waals surface area contributed by atoms with E-state index in [0.29, 0.717) is 13.0 Å². The number of ether oxygens (including phenoxy) is 1. The third-order valence-electron chi connectivity index (χ3n) is 6.99. The van der Waals surface area contributed by atoms with E-state index in [0.717, 1.165) is 31.0 Å². The molecule has 1 aliphatic heterocycles. The second-order valence-electron chi connectivity index (χ2n) is 9.70. The number of carbonyl (C=O) groups excluding carboxylic acids is 1. The third-order valence-corrected chi connectivity index (χ3v) is 6.99. The molecule has 0 saturated carbocycles. The van der Waals surface area contributed by atoms with Crippen molar-refractivity contribution >= 4 is 5.91 Å². The summed E-state index contributed by atoms with van der Waals surface area (Å²) in [5, 5.41) is 2.93. The van der Waals surface area contributed by atoms with E-state index in [1.165, 1.54) is 27.8 Å². The Morgan fingerprint density at radius 2 is 1.92 bits per heavy atom. The lowest BCUT2D eigenvalue weighted by atomic mass is 9.87. The SMILES string of the molecule is CC[C@@H](Oc1ccc2c(c1)[C@@H](c1ccccc1)N(Cc1cccc(C)c1)CC2)C(=O)NCc1ccco1. The number of nitrogens with one attached hydrogen (secondary N) is 1. The molecule has 0 aliphatic carbocycles. The van der Waals surface area contributed by atoms with Crippen molar-refractivity contribution in [2.24, 2.45) is 0 Å². The Balaban J connectivity index is 1.39. The smallest absolute Gasteiger partial charge is 0.261 e. The quantitative estimate of drug-likeness (QED) is 0.301. The van der Waals surface area contributed by atoms with Gasteiger partial charge in [0.15, 0.2) is 6.10 Å². The van der Waals surface area contributed by atoms with E-state index in [1.807, 2.05) is 25.1 Å². The molecule has 37 heavy (non-hydrogen) atoms. The molecule has 0 bridgehead atoms. The monoisotopic (exact) mass is 494 g/mol. The Kier molecular flexibility index (Phi) is 7.71. The molecule has 0 saturated heterocycles. The third kappa shape index (κ3) is 5.95. The van der Waals surface area contributed by atoms with Gasteiger partial charge in [0.1, 0.15) is 11.5 Å². The summed E-state index contributed by atoms with van der Waals surface area (Å²) in [6, 6.07) is 29.5. The number of aryl methyl sites for hydroxylation is 1. The maximum absolute atomic E-state index is 12.8. The molecule has 0 unspecified atom stereocenters. The van der Waals surface area contributed by atoms with Gasteiger partial charge in [-0.15, -0.1) is 0 Å². The zero-order valence-electron chi connectivity index (χ0n) is 21.5. The van der Waals surface area contributed by atoms with Crippen molar-refractivity contribution in [1.29, 1.82) is 0 Å². The van der Waals surface area contributed by atoms with Gasteiger partial charge in [0, 0.05) is 13.1 Å². The van der Waals surface area contributed by atoms with Crippen LogP contribution in [0.4, 0.5) is 0 Å². The fourth-order valence-corrected chi connectivity index (χ4v) is 5.15. The first kappa shape index (κ1) is 24.8. The summed E-state index contributed by atoms with van der Waals surface area (Å²) in [6.45, 7) is 6.31. The van der Waals surface area contributed by atoms with Crippen molar-refractivity contribution < 1.29 is 13.9 Å². The van der Waals surface area contributed by atoms with Crippen LogP contribution in [-0.2, 0) is 24.3 Å². The summed E-state index contributed by atoms with van der Waals surface area (Å²) in [5.41, 5.74) is 6.43. The van der Waals surface area contributed by atoms with E-state index in [-0.39, 0.29) is 11.9 Å². The summed E-state index contributed by atoms with van der Waals surface area (Å²) in [6.07, 6.45) is 2.58. The van der Waals surface area contributed by atoms with Crippen LogP contribution in [0.15, 0.2) is 95.6 Å². The maximum Gasteiger partial charge on any atom is 0.261 e. The molecule has 3 aromatic carbocycles. The van der Waals surface area contributed by atoms with Gasteiger partial charge in [0.25, 0.3) is 5.91 Å². The van der Waals surface area contributed by atoms with Crippen molar-refractivity contribution in [2.75, 3.05) is 6.54 Å². The molecule has 1 aliphatic rings. The van der Waals surface area contributed by atoms with Gasteiger partial charge in [-0.3, -0.25) is 9.69 Å². The summed E-state index contributed by atoms with van der Waals surface area (Å²) >= 11 is 0. The molecule has 190 valence electrons. The Morgan fingerprint density at radius 1 is 1.05 bits per heavy atom. The van der Waals surface area contributed by atoms with Crippen molar-refractivity contribution in [1.82, 2.24) is 10.2 Å². The summed E-state index contributed by atoms with van der Waals surface area (Å²) in [7, 11) is 0. The van der Waals surface area contributed by atoms with E-state index in [1.54, 1.807) is 6.26 Å². The first-order chi connectivity index (χ1) is 18.1. The molecule has 2 heterocycles. The fourth-order valence-electron chi connectivity index (χ4n) is 5.15. The molecule has 1 N–H and O–H groups in total. The van der Waals surface area contributed by atoms with Crippen LogP contribution < -0.4 is 10.1 Å². The molecule has 0 spiro atoms. The highest BCUT2D eigenvalue weighted by atomic mass is 16.5. The van der Waals surface area contributed by atoms with Crippen LogP contribution >= 0.6 is 0 Å². The minimum atomic E-state index is -0.574. The first-order valence-electron chi connectivity index (χ1n) is 13.0. The molecule has 4 aromatic rings. The molecule has 5 nitrogen and oxygen atoms in total. The van der Waals surface area contributed by atoms with E-state index < -0.39 is 6.10 Å². The normalized spacial score (nSPS) is 16.1. The van der Waals surface area contributed by atoms with Crippen LogP contribution in [-0.4, -0.2) is 23.5 Å². The van der Waals surface area contributed by atoms with Gasteiger partial charge in [0.05, 0.1) is 18.8 Å². The number of rotatable bonds is 9. The lowest BCUT2D eigenvalue weighted by Gasteiger charge is -2.38. The van der Waals surface area contributed by atoms with Gasteiger partial charge < -0.3 is 14.5 Å². The topological polar surface area (TPSA) is 54.7 Å². The molecule has 0 fully saturated rings. The lowest BCUT2D eigenvalue weighted by molar-refractivity contribution is -0.128. The maximum atomic E-state index is 12.8. The number of amides is 1. The zero-order valence-corrected chi connectivity index (χ0v) is 21.5. The Hall–Kier alpha value is -3.83. The number of hydrogen-bond acceptors (Lipinski definition) is 4. The summed E-state index contributed by atoms with van der Waals surface area (Å²) < 4.78 is 11.6. The predicted octanol–water partition coefficient (Wildman–Crippen LogP) is 6.21. The van der Waals surface area contributed by atoms with Crippen LogP contribution in [0.2, 0.25) is 0 Å². The molecule has 5 rings (SSSR count). The minimum absolute atomic E-state index is 0.113. The van der Waals surface area contributed by atoms with Gasteiger partial charge in [-0.05, 0) is 66.3 Å².